The highest BCUT2D eigenvalue weighted by molar-refractivity contribution is 5.78. The monoisotopic (exact) mass is 399 g/mol. The molecule has 1 amide bonds. The summed E-state index contributed by atoms with van der Waals surface area (Å²) in [6.07, 6.45) is 5.35. The van der Waals surface area contributed by atoms with Crippen molar-refractivity contribution in [1.29, 1.82) is 0 Å². The van der Waals surface area contributed by atoms with Crippen LogP contribution in [-0.4, -0.2) is 46.2 Å². The van der Waals surface area contributed by atoms with Crippen molar-refractivity contribution < 1.29 is 18.7 Å². The van der Waals surface area contributed by atoms with Crippen LogP contribution in [0.25, 0.3) is 0 Å². The first-order chi connectivity index (χ1) is 14.2. The van der Waals surface area contributed by atoms with Gasteiger partial charge in [-0.15, -0.1) is 10.2 Å². The number of nitrogens with zero attached hydrogens (tertiary/aromatic N) is 3. The number of aromatic nitrogens is 2. The number of benzene rings is 1. The van der Waals surface area contributed by atoms with E-state index in [4.69, 9.17) is 9.15 Å². The van der Waals surface area contributed by atoms with E-state index < -0.39 is 0 Å². The molecule has 1 aromatic carbocycles. The highest BCUT2D eigenvalue weighted by atomic mass is 16.5. The standard InChI is InChI=1S/C22H29N3O4/c1-2-28-22(27)16-18-10-6-7-15-25(18)21(26)14-13-20-24-23-19(29-20)12-11-17-8-4-3-5-9-17/h3-5,8-9,18H,2,6-7,10-16H2,1H3/t18-/m1/s1. The van der Waals surface area contributed by atoms with Crippen molar-refractivity contribution in [2.24, 2.45) is 0 Å². The summed E-state index contributed by atoms with van der Waals surface area (Å²) in [5.41, 5.74) is 1.22. The molecule has 3 rings (SSSR count). The Morgan fingerprint density at radius 3 is 2.62 bits per heavy atom. The Bertz CT molecular complexity index is 790. The number of ether oxygens (including phenoxy) is 1. The van der Waals surface area contributed by atoms with Crippen molar-refractivity contribution in [3.8, 4) is 0 Å². The van der Waals surface area contributed by atoms with E-state index in [1.54, 1.807) is 6.92 Å². The molecule has 0 unspecified atom stereocenters. The van der Waals surface area contributed by atoms with Crippen molar-refractivity contribution in [2.45, 2.75) is 64.3 Å². The van der Waals surface area contributed by atoms with Gasteiger partial charge in [0.25, 0.3) is 0 Å². The molecule has 0 saturated carbocycles. The lowest BCUT2D eigenvalue weighted by Crippen LogP contribution is -2.45. The minimum Gasteiger partial charge on any atom is -0.466 e. The molecule has 0 radical (unpaired) electrons. The van der Waals surface area contributed by atoms with Gasteiger partial charge in [-0.3, -0.25) is 9.59 Å². The minimum absolute atomic E-state index is 0.0306. The van der Waals surface area contributed by atoms with E-state index in [2.05, 4.69) is 22.3 Å². The van der Waals surface area contributed by atoms with Crippen molar-refractivity contribution >= 4 is 11.9 Å². The molecule has 1 fully saturated rings. The summed E-state index contributed by atoms with van der Waals surface area (Å²) in [4.78, 5) is 26.4. The van der Waals surface area contributed by atoms with Gasteiger partial charge in [0, 0.05) is 31.8 Å². The fraction of sp³-hybridized carbons (Fsp3) is 0.545. The van der Waals surface area contributed by atoms with Crippen LogP contribution >= 0.6 is 0 Å². The van der Waals surface area contributed by atoms with Crippen LogP contribution in [0.15, 0.2) is 34.7 Å². The average Bonchev–Trinajstić information content (AvgIpc) is 3.20. The Hall–Kier alpha value is -2.70. The van der Waals surface area contributed by atoms with Gasteiger partial charge in [-0.1, -0.05) is 30.3 Å². The highest BCUT2D eigenvalue weighted by Crippen LogP contribution is 2.21. The van der Waals surface area contributed by atoms with E-state index in [9.17, 15) is 9.59 Å². The molecule has 7 nitrogen and oxygen atoms in total. The smallest absolute Gasteiger partial charge is 0.307 e. The molecule has 7 heteroatoms. The van der Waals surface area contributed by atoms with Crippen molar-refractivity contribution in [1.82, 2.24) is 15.1 Å². The third kappa shape index (κ3) is 6.41. The van der Waals surface area contributed by atoms with E-state index in [-0.39, 0.29) is 24.3 Å². The van der Waals surface area contributed by atoms with Crippen LogP contribution in [0.2, 0.25) is 0 Å². The van der Waals surface area contributed by atoms with Gasteiger partial charge in [0.1, 0.15) is 0 Å². The quantitative estimate of drug-likeness (QED) is 0.602. The number of hydrogen-bond donors (Lipinski definition) is 0. The second kappa shape index (κ2) is 10.7. The number of aryl methyl sites for hydroxylation is 3. The summed E-state index contributed by atoms with van der Waals surface area (Å²) >= 11 is 0. The molecule has 156 valence electrons. The van der Waals surface area contributed by atoms with Gasteiger partial charge in [-0.25, -0.2) is 0 Å². The first kappa shape index (κ1) is 21.0. The van der Waals surface area contributed by atoms with E-state index in [1.807, 2.05) is 23.1 Å². The zero-order valence-electron chi connectivity index (χ0n) is 17.0. The Balaban J connectivity index is 1.48. The van der Waals surface area contributed by atoms with Crippen LogP contribution in [-0.2, 0) is 33.6 Å². The summed E-state index contributed by atoms with van der Waals surface area (Å²) in [6, 6.07) is 10.1. The molecule has 0 bridgehead atoms. The fourth-order valence-corrected chi connectivity index (χ4v) is 3.70. The van der Waals surface area contributed by atoms with Crippen LogP contribution < -0.4 is 0 Å². The Morgan fingerprint density at radius 1 is 1.10 bits per heavy atom. The number of hydrogen-bond acceptors (Lipinski definition) is 6. The number of carbonyl (C=O) groups is 2. The van der Waals surface area contributed by atoms with Gasteiger partial charge in [0.05, 0.1) is 13.0 Å². The number of carbonyl (C=O) groups excluding carboxylic acids is 2. The Morgan fingerprint density at radius 2 is 1.86 bits per heavy atom. The Kier molecular flexibility index (Phi) is 7.78. The molecular formula is C22H29N3O4. The predicted molar refractivity (Wildman–Crippen MR) is 107 cm³/mol. The lowest BCUT2D eigenvalue weighted by atomic mass is 9.98. The molecule has 0 spiro atoms. The first-order valence-electron chi connectivity index (χ1n) is 10.5. The van der Waals surface area contributed by atoms with Gasteiger partial charge in [-0.2, -0.15) is 0 Å². The van der Waals surface area contributed by atoms with Crippen molar-refractivity contribution in [2.75, 3.05) is 13.2 Å². The topological polar surface area (TPSA) is 85.5 Å². The molecule has 0 aliphatic carbocycles. The number of piperidine rings is 1. The molecule has 0 N–H and O–H groups in total. The van der Waals surface area contributed by atoms with Gasteiger partial charge in [-0.05, 0) is 38.2 Å². The van der Waals surface area contributed by atoms with E-state index in [0.29, 0.717) is 44.2 Å². The molecule has 1 aromatic heterocycles. The fourth-order valence-electron chi connectivity index (χ4n) is 3.70. The zero-order valence-corrected chi connectivity index (χ0v) is 17.0. The average molecular weight is 399 g/mol. The van der Waals surface area contributed by atoms with Crippen molar-refractivity contribution in [3.05, 3.63) is 47.7 Å². The molecule has 2 heterocycles. The molecular weight excluding hydrogens is 370 g/mol. The second-order valence-corrected chi connectivity index (χ2v) is 7.32. The number of esters is 1. The summed E-state index contributed by atoms with van der Waals surface area (Å²) in [5, 5.41) is 8.17. The molecule has 1 saturated heterocycles. The van der Waals surface area contributed by atoms with E-state index >= 15 is 0 Å². The molecule has 1 atom stereocenters. The summed E-state index contributed by atoms with van der Waals surface area (Å²) < 4.78 is 10.7. The van der Waals surface area contributed by atoms with Crippen LogP contribution in [0.5, 0.6) is 0 Å². The number of rotatable bonds is 9. The molecule has 2 aromatic rings. The van der Waals surface area contributed by atoms with Crippen LogP contribution in [0.1, 0.15) is 56.4 Å². The largest absolute Gasteiger partial charge is 0.466 e. The molecule has 29 heavy (non-hydrogen) atoms. The van der Waals surface area contributed by atoms with Gasteiger partial charge in [0.15, 0.2) is 0 Å². The summed E-state index contributed by atoms with van der Waals surface area (Å²) in [6.45, 7) is 2.85. The van der Waals surface area contributed by atoms with E-state index in [0.717, 1.165) is 25.7 Å². The zero-order chi connectivity index (χ0) is 20.5. The second-order valence-electron chi connectivity index (χ2n) is 7.32. The minimum atomic E-state index is -0.239. The third-order valence-corrected chi connectivity index (χ3v) is 5.19. The van der Waals surface area contributed by atoms with Crippen LogP contribution in [0.4, 0.5) is 0 Å². The van der Waals surface area contributed by atoms with Crippen LogP contribution in [0.3, 0.4) is 0 Å². The molecule has 1 aliphatic rings. The SMILES string of the molecule is CCOC(=O)C[C@H]1CCCCN1C(=O)CCc1nnc(CCc2ccccc2)o1. The predicted octanol–water partition coefficient (Wildman–Crippen LogP) is 3.12. The molecule has 1 aliphatic heterocycles. The first-order valence-corrected chi connectivity index (χ1v) is 10.5. The number of likely N-dealkylation sites (tertiary alicyclic amines) is 1. The lowest BCUT2D eigenvalue weighted by molar-refractivity contribution is -0.146. The van der Waals surface area contributed by atoms with Gasteiger partial charge >= 0.3 is 5.97 Å². The normalized spacial score (nSPS) is 16.6. The lowest BCUT2D eigenvalue weighted by Gasteiger charge is -2.35. The summed E-state index contributed by atoms with van der Waals surface area (Å²) in [5.74, 6) is 0.870. The van der Waals surface area contributed by atoms with Crippen molar-refractivity contribution in [3.63, 3.8) is 0 Å². The van der Waals surface area contributed by atoms with Gasteiger partial charge < -0.3 is 14.1 Å². The van der Waals surface area contributed by atoms with Crippen LogP contribution in [0, 0.1) is 0 Å². The maximum atomic E-state index is 12.7. The van der Waals surface area contributed by atoms with Gasteiger partial charge in [0.2, 0.25) is 17.7 Å². The third-order valence-electron chi connectivity index (χ3n) is 5.19. The Labute approximate surface area is 171 Å². The maximum Gasteiger partial charge on any atom is 0.307 e. The summed E-state index contributed by atoms with van der Waals surface area (Å²) in [7, 11) is 0. The maximum absolute atomic E-state index is 12.7. The highest BCUT2D eigenvalue weighted by Gasteiger charge is 2.29. The van der Waals surface area contributed by atoms with E-state index in [1.165, 1.54) is 5.56 Å². The number of amides is 1.